The van der Waals surface area contributed by atoms with Gasteiger partial charge in [0.25, 0.3) is 0 Å². The second kappa shape index (κ2) is 16.8. The highest BCUT2D eigenvalue weighted by Crippen LogP contribution is 2.26. The lowest BCUT2D eigenvalue weighted by molar-refractivity contribution is -0.159. The molecule has 0 aliphatic heterocycles. The maximum atomic E-state index is 14.5. The second-order valence-corrected chi connectivity index (χ2v) is 14.0. The van der Waals surface area contributed by atoms with Crippen LogP contribution < -0.4 is 10.6 Å². The molecule has 0 heterocycles. The Morgan fingerprint density at radius 1 is 0.735 bits per heavy atom. The van der Waals surface area contributed by atoms with Crippen LogP contribution in [0.3, 0.4) is 0 Å². The van der Waals surface area contributed by atoms with E-state index in [2.05, 4.69) is 10.6 Å². The van der Waals surface area contributed by atoms with Crippen LogP contribution in [-0.4, -0.2) is 58.6 Å². The first-order valence-corrected chi connectivity index (χ1v) is 16.3. The highest BCUT2D eigenvalue weighted by atomic mass is 16.6. The van der Waals surface area contributed by atoms with Crippen LogP contribution in [0.2, 0.25) is 0 Å². The summed E-state index contributed by atoms with van der Waals surface area (Å²) in [6, 6.07) is 22.0. The van der Waals surface area contributed by atoms with Gasteiger partial charge in [-0.3, -0.25) is 9.59 Å². The van der Waals surface area contributed by atoms with Crippen molar-refractivity contribution in [2.45, 2.75) is 97.6 Å². The number of rotatable bonds is 12. The smallest absolute Gasteiger partial charge is 0.408 e. The molecule has 0 aromatic heterocycles. The predicted octanol–water partition coefficient (Wildman–Crippen LogP) is 5.90. The van der Waals surface area contributed by atoms with Crippen molar-refractivity contribution >= 4 is 23.9 Å². The number of benzene rings is 3. The molecule has 3 aromatic rings. The third kappa shape index (κ3) is 12.1. The molecule has 3 unspecified atom stereocenters. The van der Waals surface area contributed by atoms with Gasteiger partial charge in [0, 0.05) is 12.8 Å². The summed E-state index contributed by atoms with van der Waals surface area (Å²) in [7, 11) is 0. The Bertz CT molecular complexity index is 1640. The number of esters is 1. The molecule has 0 bridgehead atoms. The van der Waals surface area contributed by atoms with E-state index >= 15 is 0 Å². The Hall–Kier alpha value is -5.17. The first-order valence-electron chi connectivity index (χ1n) is 16.3. The Morgan fingerprint density at radius 3 is 1.76 bits per heavy atom. The standard InChI is InChI=1S/C39H48N4O6/c1-26-19-20-30(23-27(26)2)33(34(44)41-32(36(46)48-38(3,4)5)25-29-17-13-10-14-18-29)43(22-21-40)35(45)31(24-28-15-11-9-12-16-28)42-37(47)49-39(6,7)8/h9-20,23,31-33H,22,24-25H2,1-8H3,(H,41,44)(H,42,47). The monoisotopic (exact) mass is 668 g/mol. The van der Waals surface area contributed by atoms with Crippen LogP contribution in [0.15, 0.2) is 78.9 Å². The van der Waals surface area contributed by atoms with E-state index in [4.69, 9.17) is 9.47 Å². The maximum Gasteiger partial charge on any atom is 0.408 e. The zero-order chi connectivity index (χ0) is 36.4. The number of aryl methyl sites for hydroxylation is 2. The van der Waals surface area contributed by atoms with Crippen molar-refractivity contribution in [2.24, 2.45) is 0 Å². The fourth-order valence-corrected chi connectivity index (χ4v) is 5.15. The van der Waals surface area contributed by atoms with E-state index in [0.717, 1.165) is 27.2 Å². The summed E-state index contributed by atoms with van der Waals surface area (Å²) < 4.78 is 11.2. The van der Waals surface area contributed by atoms with Gasteiger partial charge >= 0.3 is 12.1 Å². The summed E-state index contributed by atoms with van der Waals surface area (Å²) in [6.07, 6.45) is -0.625. The van der Waals surface area contributed by atoms with Gasteiger partial charge in [0.1, 0.15) is 35.9 Å². The van der Waals surface area contributed by atoms with Crippen molar-refractivity contribution in [3.8, 4) is 6.07 Å². The van der Waals surface area contributed by atoms with Gasteiger partial charge in [0.15, 0.2) is 0 Å². The predicted molar refractivity (Wildman–Crippen MR) is 187 cm³/mol. The van der Waals surface area contributed by atoms with Gasteiger partial charge in [-0.2, -0.15) is 5.26 Å². The first kappa shape index (κ1) is 38.3. The minimum atomic E-state index is -1.34. The van der Waals surface area contributed by atoms with E-state index in [-0.39, 0.29) is 12.8 Å². The fourth-order valence-electron chi connectivity index (χ4n) is 5.15. The third-order valence-electron chi connectivity index (χ3n) is 7.49. The van der Waals surface area contributed by atoms with Crippen LogP contribution in [0.25, 0.3) is 0 Å². The van der Waals surface area contributed by atoms with Crippen molar-refractivity contribution in [1.29, 1.82) is 5.26 Å². The molecular weight excluding hydrogens is 620 g/mol. The number of ether oxygens (including phenoxy) is 2. The highest BCUT2D eigenvalue weighted by Gasteiger charge is 2.38. The van der Waals surface area contributed by atoms with Crippen LogP contribution in [0.1, 0.15) is 75.4 Å². The van der Waals surface area contributed by atoms with Crippen LogP contribution in [0, 0.1) is 25.2 Å². The molecule has 3 atom stereocenters. The van der Waals surface area contributed by atoms with Gasteiger partial charge in [-0.1, -0.05) is 78.9 Å². The van der Waals surface area contributed by atoms with E-state index in [1.54, 1.807) is 53.7 Å². The summed E-state index contributed by atoms with van der Waals surface area (Å²) in [5, 5.41) is 15.5. The molecule has 0 radical (unpaired) electrons. The van der Waals surface area contributed by atoms with Gasteiger partial charge in [-0.25, -0.2) is 9.59 Å². The van der Waals surface area contributed by atoms with E-state index in [1.165, 1.54) is 0 Å². The van der Waals surface area contributed by atoms with Gasteiger partial charge < -0.3 is 25.0 Å². The summed E-state index contributed by atoms with van der Waals surface area (Å²) in [5.41, 5.74) is 2.12. The molecule has 3 aromatic carbocycles. The number of alkyl carbamates (subject to hydrolysis) is 1. The molecule has 0 aliphatic carbocycles. The molecule has 49 heavy (non-hydrogen) atoms. The number of nitrogens with zero attached hydrogens (tertiary/aromatic N) is 2. The number of amides is 3. The van der Waals surface area contributed by atoms with E-state index in [9.17, 15) is 24.4 Å². The number of hydrogen-bond donors (Lipinski definition) is 2. The molecule has 260 valence electrons. The Labute approximate surface area is 289 Å². The summed E-state index contributed by atoms with van der Waals surface area (Å²) in [5.74, 6) is -2.00. The summed E-state index contributed by atoms with van der Waals surface area (Å²) in [4.78, 5) is 56.7. The molecule has 0 spiro atoms. The van der Waals surface area contributed by atoms with E-state index in [1.807, 2.05) is 86.6 Å². The average Bonchev–Trinajstić information content (AvgIpc) is 3.01. The molecular formula is C39H48N4O6. The quantitative estimate of drug-likeness (QED) is 0.181. The molecule has 10 nitrogen and oxygen atoms in total. The molecule has 0 aliphatic rings. The number of hydrogen-bond acceptors (Lipinski definition) is 7. The maximum absolute atomic E-state index is 14.5. The second-order valence-electron chi connectivity index (χ2n) is 14.0. The van der Waals surface area contributed by atoms with Gasteiger partial charge in [0.05, 0.1) is 6.07 Å². The SMILES string of the molecule is Cc1ccc(C(C(=O)NC(Cc2ccccc2)C(=O)OC(C)(C)C)N(CC#N)C(=O)C(Cc2ccccc2)NC(=O)OC(C)(C)C)cc1C. The summed E-state index contributed by atoms with van der Waals surface area (Å²) >= 11 is 0. The first-order chi connectivity index (χ1) is 23.0. The zero-order valence-electron chi connectivity index (χ0n) is 29.7. The van der Waals surface area contributed by atoms with Crippen LogP contribution >= 0.6 is 0 Å². The van der Waals surface area contributed by atoms with Crippen LogP contribution in [0.4, 0.5) is 4.79 Å². The minimum Gasteiger partial charge on any atom is -0.458 e. The van der Waals surface area contributed by atoms with Crippen molar-refractivity contribution in [1.82, 2.24) is 15.5 Å². The molecule has 0 saturated heterocycles. The molecule has 0 saturated carbocycles. The highest BCUT2D eigenvalue weighted by molar-refractivity contribution is 5.94. The van der Waals surface area contributed by atoms with Crippen molar-refractivity contribution in [3.05, 3.63) is 107 Å². The van der Waals surface area contributed by atoms with Crippen molar-refractivity contribution in [2.75, 3.05) is 6.54 Å². The number of carbonyl (C=O) groups excluding carboxylic acids is 4. The molecule has 0 fully saturated rings. The Kier molecular flexibility index (Phi) is 13.1. The fraction of sp³-hybridized carbons (Fsp3) is 0.410. The molecule has 10 heteroatoms. The summed E-state index contributed by atoms with van der Waals surface area (Å²) in [6.45, 7) is 13.7. The lowest BCUT2D eigenvalue weighted by Gasteiger charge is -2.34. The number of nitrogens with one attached hydrogen (secondary N) is 2. The topological polar surface area (TPSA) is 138 Å². The molecule has 3 rings (SSSR count). The largest absolute Gasteiger partial charge is 0.458 e. The normalized spacial score (nSPS) is 13.2. The molecule has 3 amide bonds. The van der Waals surface area contributed by atoms with Crippen LogP contribution in [-0.2, 0) is 36.7 Å². The zero-order valence-corrected chi connectivity index (χ0v) is 29.7. The number of carbonyl (C=O) groups is 4. The minimum absolute atomic E-state index is 0.0661. The Balaban J connectivity index is 2.11. The Morgan fingerprint density at radius 2 is 1.27 bits per heavy atom. The van der Waals surface area contributed by atoms with E-state index < -0.39 is 59.7 Å². The van der Waals surface area contributed by atoms with E-state index in [0.29, 0.717) is 5.56 Å². The van der Waals surface area contributed by atoms with Crippen molar-refractivity contribution in [3.63, 3.8) is 0 Å². The van der Waals surface area contributed by atoms with Gasteiger partial charge in [0.2, 0.25) is 11.8 Å². The van der Waals surface area contributed by atoms with Gasteiger partial charge in [-0.15, -0.1) is 0 Å². The van der Waals surface area contributed by atoms with Crippen LogP contribution in [0.5, 0.6) is 0 Å². The van der Waals surface area contributed by atoms with Gasteiger partial charge in [-0.05, 0) is 83.2 Å². The van der Waals surface area contributed by atoms with Crippen molar-refractivity contribution < 1.29 is 28.7 Å². The average molecular weight is 669 g/mol. The number of nitriles is 1. The lowest BCUT2D eigenvalue weighted by atomic mass is 9.96. The third-order valence-corrected chi connectivity index (χ3v) is 7.49. The lowest BCUT2D eigenvalue weighted by Crippen LogP contribution is -2.55. The molecule has 2 N–H and O–H groups in total.